The fourth-order valence-electron chi connectivity index (χ4n) is 1.62. The summed E-state index contributed by atoms with van der Waals surface area (Å²) in [5.41, 5.74) is 1.62. The Balaban J connectivity index is 1.94. The number of nitrogens with zero attached hydrogens (tertiary/aromatic N) is 2. The van der Waals surface area contributed by atoms with Gasteiger partial charge in [0, 0.05) is 18.1 Å². The normalized spacial score (nSPS) is 10.1. The molecule has 0 radical (unpaired) electrons. The zero-order valence-corrected chi connectivity index (χ0v) is 10.1. The van der Waals surface area contributed by atoms with E-state index in [1.807, 2.05) is 24.4 Å². The molecule has 0 saturated heterocycles. The van der Waals surface area contributed by atoms with Gasteiger partial charge in [-0.3, -0.25) is 14.3 Å². The van der Waals surface area contributed by atoms with Crippen LogP contribution in [0.5, 0.6) is 0 Å². The van der Waals surface area contributed by atoms with Crippen LogP contribution >= 0.6 is 0 Å². The van der Waals surface area contributed by atoms with Gasteiger partial charge < -0.3 is 10.4 Å². The SMILES string of the molecule is O=C(O)CC(=O)Nc1ccc(Cn2cccn2)cc1. The number of anilines is 1. The summed E-state index contributed by atoms with van der Waals surface area (Å²) in [4.78, 5) is 21.6. The van der Waals surface area contributed by atoms with Gasteiger partial charge in [-0.1, -0.05) is 12.1 Å². The zero-order chi connectivity index (χ0) is 13.7. The Morgan fingerprint density at radius 3 is 2.58 bits per heavy atom. The van der Waals surface area contributed by atoms with E-state index < -0.39 is 18.3 Å². The Bertz CT molecular complexity index is 561. The summed E-state index contributed by atoms with van der Waals surface area (Å²) in [7, 11) is 0. The van der Waals surface area contributed by atoms with Crippen LogP contribution in [-0.4, -0.2) is 26.8 Å². The number of rotatable bonds is 5. The van der Waals surface area contributed by atoms with Crippen molar-refractivity contribution in [1.82, 2.24) is 9.78 Å². The molecule has 0 spiro atoms. The van der Waals surface area contributed by atoms with E-state index in [1.165, 1.54) is 0 Å². The van der Waals surface area contributed by atoms with E-state index in [0.29, 0.717) is 12.2 Å². The second kappa shape index (κ2) is 5.81. The van der Waals surface area contributed by atoms with Crippen LogP contribution in [0.1, 0.15) is 12.0 Å². The number of carboxylic acids is 1. The molecule has 0 bridgehead atoms. The molecule has 0 unspecified atom stereocenters. The molecule has 19 heavy (non-hydrogen) atoms. The van der Waals surface area contributed by atoms with E-state index in [0.717, 1.165) is 5.56 Å². The molecule has 1 aromatic heterocycles. The third-order valence-corrected chi connectivity index (χ3v) is 2.45. The first kappa shape index (κ1) is 12.8. The molecule has 1 aromatic carbocycles. The molecule has 6 nitrogen and oxygen atoms in total. The van der Waals surface area contributed by atoms with Gasteiger partial charge in [0.2, 0.25) is 5.91 Å². The summed E-state index contributed by atoms with van der Waals surface area (Å²) < 4.78 is 1.79. The van der Waals surface area contributed by atoms with E-state index >= 15 is 0 Å². The van der Waals surface area contributed by atoms with Crippen molar-refractivity contribution in [1.29, 1.82) is 0 Å². The molecular formula is C13H13N3O3. The smallest absolute Gasteiger partial charge is 0.312 e. The Labute approximate surface area is 109 Å². The lowest BCUT2D eigenvalue weighted by molar-refractivity contribution is -0.139. The predicted octanol–water partition coefficient (Wildman–Crippen LogP) is 1.34. The van der Waals surface area contributed by atoms with Crippen LogP contribution in [0.3, 0.4) is 0 Å². The van der Waals surface area contributed by atoms with Gasteiger partial charge in [-0.15, -0.1) is 0 Å². The van der Waals surface area contributed by atoms with Crippen molar-refractivity contribution in [2.24, 2.45) is 0 Å². The number of hydrogen-bond donors (Lipinski definition) is 2. The second-order valence-electron chi connectivity index (χ2n) is 4.02. The van der Waals surface area contributed by atoms with Gasteiger partial charge in [-0.2, -0.15) is 5.10 Å². The monoisotopic (exact) mass is 259 g/mol. The summed E-state index contributed by atoms with van der Waals surface area (Å²) in [6.45, 7) is 0.649. The fraction of sp³-hybridized carbons (Fsp3) is 0.154. The Hall–Kier alpha value is -2.63. The lowest BCUT2D eigenvalue weighted by Crippen LogP contribution is -2.15. The van der Waals surface area contributed by atoms with E-state index in [1.54, 1.807) is 23.0 Å². The molecule has 2 aromatic rings. The first-order valence-corrected chi connectivity index (χ1v) is 5.71. The van der Waals surface area contributed by atoms with Crippen LogP contribution in [0.2, 0.25) is 0 Å². The number of benzene rings is 1. The van der Waals surface area contributed by atoms with Crippen molar-refractivity contribution in [2.75, 3.05) is 5.32 Å². The lowest BCUT2D eigenvalue weighted by atomic mass is 10.2. The molecule has 0 aliphatic heterocycles. The number of carbonyl (C=O) groups excluding carboxylic acids is 1. The summed E-state index contributed by atoms with van der Waals surface area (Å²) >= 11 is 0. The second-order valence-corrected chi connectivity index (χ2v) is 4.02. The maximum absolute atomic E-state index is 11.3. The standard InChI is InChI=1S/C13H13N3O3/c17-12(8-13(18)19)15-11-4-2-10(3-5-11)9-16-7-1-6-14-16/h1-7H,8-9H2,(H,15,17)(H,18,19). The number of carboxylic acid groups (broad SMARTS) is 1. The maximum atomic E-state index is 11.3. The predicted molar refractivity (Wildman–Crippen MR) is 68.7 cm³/mol. The van der Waals surface area contributed by atoms with Gasteiger partial charge >= 0.3 is 5.97 Å². The van der Waals surface area contributed by atoms with E-state index in [9.17, 15) is 9.59 Å². The number of carbonyl (C=O) groups is 2. The average Bonchev–Trinajstić information content (AvgIpc) is 2.83. The molecule has 0 atom stereocenters. The van der Waals surface area contributed by atoms with Gasteiger partial charge in [0.05, 0.1) is 6.54 Å². The van der Waals surface area contributed by atoms with Crippen molar-refractivity contribution in [3.63, 3.8) is 0 Å². The van der Waals surface area contributed by atoms with Crippen LogP contribution < -0.4 is 5.32 Å². The van der Waals surface area contributed by atoms with Crippen LogP contribution in [-0.2, 0) is 16.1 Å². The van der Waals surface area contributed by atoms with E-state index in [2.05, 4.69) is 10.4 Å². The van der Waals surface area contributed by atoms with Crippen molar-refractivity contribution in [3.8, 4) is 0 Å². The number of hydrogen-bond acceptors (Lipinski definition) is 3. The molecule has 0 saturated carbocycles. The molecule has 1 heterocycles. The van der Waals surface area contributed by atoms with Crippen LogP contribution in [0.25, 0.3) is 0 Å². The molecule has 98 valence electrons. The number of aromatic nitrogens is 2. The molecule has 0 aliphatic rings. The Kier molecular flexibility index (Phi) is 3.92. The largest absolute Gasteiger partial charge is 0.481 e. The summed E-state index contributed by atoms with van der Waals surface area (Å²) in [6, 6.07) is 9.04. The first-order chi connectivity index (χ1) is 9.13. The van der Waals surface area contributed by atoms with Gasteiger partial charge in [-0.05, 0) is 23.8 Å². The highest BCUT2D eigenvalue weighted by atomic mass is 16.4. The van der Waals surface area contributed by atoms with Crippen LogP contribution in [0.4, 0.5) is 5.69 Å². The maximum Gasteiger partial charge on any atom is 0.312 e. The third kappa shape index (κ3) is 3.95. The third-order valence-electron chi connectivity index (χ3n) is 2.45. The number of aliphatic carboxylic acids is 1. The highest BCUT2D eigenvalue weighted by Gasteiger charge is 2.07. The van der Waals surface area contributed by atoms with Gasteiger partial charge in [-0.25, -0.2) is 0 Å². The highest BCUT2D eigenvalue weighted by Crippen LogP contribution is 2.10. The van der Waals surface area contributed by atoms with Crippen molar-refractivity contribution in [2.45, 2.75) is 13.0 Å². The quantitative estimate of drug-likeness (QED) is 0.794. The van der Waals surface area contributed by atoms with Gasteiger partial charge in [0.15, 0.2) is 0 Å². The molecule has 0 fully saturated rings. The Morgan fingerprint density at radius 2 is 2.00 bits per heavy atom. The minimum absolute atomic E-state index is 0.533. The van der Waals surface area contributed by atoms with E-state index in [4.69, 9.17) is 5.11 Å². The van der Waals surface area contributed by atoms with Crippen molar-refractivity contribution >= 4 is 17.6 Å². The van der Waals surface area contributed by atoms with Gasteiger partial charge in [0.25, 0.3) is 0 Å². The van der Waals surface area contributed by atoms with Crippen molar-refractivity contribution < 1.29 is 14.7 Å². The molecule has 2 N–H and O–H groups in total. The zero-order valence-electron chi connectivity index (χ0n) is 10.1. The number of amides is 1. The van der Waals surface area contributed by atoms with Gasteiger partial charge in [0.1, 0.15) is 6.42 Å². The fourth-order valence-corrected chi connectivity index (χ4v) is 1.62. The van der Waals surface area contributed by atoms with Crippen LogP contribution in [0, 0.1) is 0 Å². The minimum Gasteiger partial charge on any atom is -0.481 e. The molecular weight excluding hydrogens is 246 g/mol. The minimum atomic E-state index is -1.15. The van der Waals surface area contributed by atoms with Crippen molar-refractivity contribution in [3.05, 3.63) is 48.3 Å². The Morgan fingerprint density at radius 1 is 1.26 bits per heavy atom. The van der Waals surface area contributed by atoms with Crippen LogP contribution in [0.15, 0.2) is 42.7 Å². The average molecular weight is 259 g/mol. The molecule has 1 amide bonds. The highest BCUT2D eigenvalue weighted by molar-refractivity contribution is 6.01. The summed E-state index contributed by atoms with van der Waals surface area (Å²) in [5, 5.41) is 15.1. The number of nitrogens with one attached hydrogen (secondary N) is 1. The lowest BCUT2D eigenvalue weighted by Gasteiger charge is -2.06. The molecule has 6 heteroatoms. The summed E-state index contributed by atoms with van der Waals surface area (Å²) in [6.07, 6.45) is 3.04. The van der Waals surface area contributed by atoms with E-state index in [-0.39, 0.29) is 0 Å². The summed E-state index contributed by atoms with van der Waals surface area (Å²) in [5.74, 6) is -1.68. The molecule has 0 aliphatic carbocycles. The topological polar surface area (TPSA) is 84.2 Å². The molecule has 2 rings (SSSR count). The first-order valence-electron chi connectivity index (χ1n) is 5.71.